The third-order valence-corrected chi connectivity index (χ3v) is 2.62. The number of nitrogens with one attached hydrogen (secondary N) is 2. The lowest BCUT2D eigenvalue weighted by Crippen LogP contribution is -2.11. The number of nitrogen functional groups attached to an aromatic ring is 1. The maximum absolute atomic E-state index is 5.32. The number of hydrazine groups is 1. The third-order valence-electron chi connectivity index (χ3n) is 2.62. The predicted octanol–water partition coefficient (Wildman–Crippen LogP) is 2.38. The number of rotatable bonds is 4. The SMILES string of the molecule is CCc1ccc(Nc2cc(C)nc(NN)n2)cc1. The summed E-state index contributed by atoms with van der Waals surface area (Å²) in [5.74, 6) is 6.44. The summed E-state index contributed by atoms with van der Waals surface area (Å²) in [6.07, 6.45) is 1.04. The van der Waals surface area contributed by atoms with Crippen LogP contribution in [-0.2, 0) is 6.42 Å². The summed E-state index contributed by atoms with van der Waals surface area (Å²) >= 11 is 0. The first-order valence-electron chi connectivity index (χ1n) is 5.89. The van der Waals surface area contributed by atoms with Gasteiger partial charge >= 0.3 is 0 Å². The van der Waals surface area contributed by atoms with Gasteiger partial charge in [0.05, 0.1) is 0 Å². The molecule has 0 aliphatic rings. The number of nitrogens with two attached hydrogens (primary N) is 1. The highest BCUT2D eigenvalue weighted by Gasteiger charge is 2.01. The van der Waals surface area contributed by atoms with Crippen LogP contribution in [0, 0.1) is 6.92 Å². The number of aryl methyl sites for hydroxylation is 2. The number of hydrogen-bond donors (Lipinski definition) is 3. The van der Waals surface area contributed by atoms with E-state index in [2.05, 4.69) is 39.8 Å². The Hall–Kier alpha value is -2.14. The summed E-state index contributed by atoms with van der Waals surface area (Å²) in [6.45, 7) is 4.03. The van der Waals surface area contributed by atoms with E-state index in [4.69, 9.17) is 5.84 Å². The summed E-state index contributed by atoms with van der Waals surface area (Å²) in [5.41, 5.74) is 5.61. The Morgan fingerprint density at radius 3 is 2.50 bits per heavy atom. The fraction of sp³-hybridized carbons (Fsp3) is 0.231. The standard InChI is InChI=1S/C13H17N5/c1-3-10-4-6-11(7-5-10)16-12-8-9(2)15-13(17-12)18-14/h4-8H,3,14H2,1-2H3,(H2,15,16,17,18). The Bertz CT molecular complexity index is 521. The van der Waals surface area contributed by atoms with Gasteiger partial charge in [-0.2, -0.15) is 4.98 Å². The molecule has 2 rings (SSSR count). The predicted molar refractivity (Wildman–Crippen MR) is 73.7 cm³/mol. The Labute approximate surface area is 106 Å². The molecule has 0 spiro atoms. The van der Waals surface area contributed by atoms with Crippen molar-refractivity contribution in [2.24, 2.45) is 5.84 Å². The maximum Gasteiger partial charge on any atom is 0.239 e. The van der Waals surface area contributed by atoms with Crippen molar-refractivity contribution < 1.29 is 0 Å². The van der Waals surface area contributed by atoms with Crippen molar-refractivity contribution >= 4 is 17.5 Å². The Morgan fingerprint density at radius 2 is 1.89 bits per heavy atom. The van der Waals surface area contributed by atoms with E-state index in [0.29, 0.717) is 5.95 Å². The van der Waals surface area contributed by atoms with Crippen molar-refractivity contribution in [3.8, 4) is 0 Å². The van der Waals surface area contributed by atoms with Crippen molar-refractivity contribution in [1.82, 2.24) is 9.97 Å². The lowest BCUT2D eigenvalue weighted by atomic mass is 10.1. The fourth-order valence-corrected chi connectivity index (χ4v) is 1.67. The zero-order chi connectivity index (χ0) is 13.0. The molecule has 0 fully saturated rings. The number of anilines is 3. The second kappa shape index (κ2) is 5.46. The average Bonchev–Trinajstić information content (AvgIpc) is 2.39. The minimum absolute atomic E-state index is 0.405. The highest BCUT2D eigenvalue weighted by molar-refractivity contribution is 5.57. The van der Waals surface area contributed by atoms with Gasteiger partial charge in [0.1, 0.15) is 5.82 Å². The quantitative estimate of drug-likeness (QED) is 0.568. The highest BCUT2D eigenvalue weighted by Crippen LogP contribution is 2.17. The van der Waals surface area contributed by atoms with Crippen LogP contribution in [0.15, 0.2) is 30.3 Å². The summed E-state index contributed by atoms with van der Waals surface area (Å²) < 4.78 is 0. The van der Waals surface area contributed by atoms with Crippen LogP contribution >= 0.6 is 0 Å². The van der Waals surface area contributed by atoms with Gasteiger partial charge in [0.2, 0.25) is 5.95 Å². The van der Waals surface area contributed by atoms with Crippen LogP contribution in [-0.4, -0.2) is 9.97 Å². The van der Waals surface area contributed by atoms with Gasteiger partial charge in [0.25, 0.3) is 0 Å². The Kier molecular flexibility index (Phi) is 3.74. The first kappa shape index (κ1) is 12.3. The molecule has 2 aromatic rings. The molecule has 94 valence electrons. The van der Waals surface area contributed by atoms with Crippen molar-refractivity contribution in [2.45, 2.75) is 20.3 Å². The first-order valence-corrected chi connectivity index (χ1v) is 5.89. The Morgan fingerprint density at radius 1 is 1.17 bits per heavy atom. The zero-order valence-corrected chi connectivity index (χ0v) is 10.6. The van der Waals surface area contributed by atoms with Gasteiger partial charge in [0, 0.05) is 17.4 Å². The largest absolute Gasteiger partial charge is 0.340 e. The van der Waals surface area contributed by atoms with E-state index in [-0.39, 0.29) is 0 Å². The molecule has 18 heavy (non-hydrogen) atoms. The second-order valence-corrected chi connectivity index (χ2v) is 4.04. The summed E-state index contributed by atoms with van der Waals surface area (Å²) in [4.78, 5) is 8.37. The van der Waals surface area contributed by atoms with E-state index in [1.807, 2.05) is 25.1 Å². The van der Waals surface area contributed by atoms with Crippen LogP contribution in [0.5, 0.6) is 0 Å². The van der Waals surface area contributed by atoms with E-state index in [1.54, 1.807) is 0 Å². The van der Waals surface area contributed by atoms with E-state index in [0.717, 1.165) is 23.6 Å². The van der Waals surface area contributed by atoms with Crippen LogP contribution < -0.4 is 16.6 Å². The maximum atomic E-state index is 5.32. The van der Waals surface area contributed by atoms with Crippen molar-refractivity contribution in [3.63, 3.8) is 0 Å². The molecule has 0 amide bonds. The number of aromatic nitrogens is 2. The van der Waals surface area contributed by atoms with Gasteiger partial charge < -0.3 is 5.32 Å². The van der Waals surface area contributed by atoms with E-state index in [9.17, 15) is 0 Å². The average molecular weight is 243 g/mol. The summed E-state index contributed by atoms with van der Waals surface area (Å²) in [7, 11) is 0. The zero-order valence-electron chi connectivity index (χ0n) is 10.6. The molecular weight excluding hydrogens is 226 g/mol. The van der Waals surface area contributed by atoms with Gasteiger partial charge in [-0.25, -0.2) is 10.8 Å². The van der Waals surface area contributed by atoms with Crippen molar-refractivity contribution in [1.29, 1.82) is 0 Å². The van der Waals surface area contributed by atoms with Crippen molar-refractivity contribution in [3.05, 3.63) is 41.6 Å². The van der Waals surface area contributed by atoms with Crippen LogP contribution in [0.4, 0.5) is 17.5 Å². The van der Waals surface area contributed by atoms with Crippen LogP contribution in [0.3, 0.4) is 0 Å². The molecule has 1 heterocycles. The van der Waals surface area contributed by atoms with Gasteiger partial charge in [0.15, 0.2) is 0 Å². The lowest BCUT2D eigenvalue weighted by molar-refractivity contribution is 1.07. The highest BCUT2D eigenvalue weighted by atomic mass is 15.3. The number of benzene rings is 1. The minimum Gasteiger partial charge on any atom is -0.340 e. The molecule has 0 aliphatic carbocycles. The summed E-state index contributed by atoms with van der Waals surface area (Å²) in [6, 6.07) is 10.1. The van der Waals surface area contributed by atoms with Crippen LogP contribution in [0.2, 0.25) is 0 Å². The molecule has 0 unspecified atom stereocenters. The summed E-state index contributed by atoms with van der Waals surface area (Å²) in [5, 5.41) is 3.22. The van der Waals surface area contributed by atoms with Gasteiger partial charge in [-0.1, -0.05) is 19.1 Å². The third kappa shape index (κ3) is 2.95. The number of nitrogens with zero attached hydrogens (tertiary/aromatic N) is 2. The van der Waals surface area contributed by atoms with Gasteiger partial charge in [-0.3, -0.25) is 5.43 Å². The molecule has 0 saturated heterocycles. The molecule has 0 aliphatic heterocycles. The van der Waals surface area contributed by atoms with Gasteiger partial charge in [-0.15, -0.1) is 0 Å². The van der Waals surface area contributed by atoms with E-state index >= 15 is 0 Å². The van der Waals surface area contributed by atoms with Gasteiger partial charge in [-0.05, 0) is 31.0 Å². The molecule has 0 bridgehead atoms. The number of hydrogen-bond acceptors (Lipinski definition) is 5. The van der Waals surface area contributed by atoms with Crippen molar-refractivity contribution in [2.75, 3.05) is 10.7 Å². The Balaban J connectivity index is 2.19. The molecule has 5 nitrogen and oxygen atoms in total. The minimum atomic E-state index is 0.405. The first-order chi connectivity index (χ1) is 8.71. The molecule has 4 N–H and O–H groups in total. The van der Waals surface area contributed by atoms with Crippen LogP contribution in [0.25, 0.3) is 0 Å². The molecular formula is C13H17N5. The molecule has 5 heteroatoms. The van der Waals surface area contributed by atoms with Crippen LogP contribution in [0.1, 0.15) is 18.2 Å². The van der Waals surface area contributed by atoms with E-state index < -0.39 is 0 Å². The lowest BCUT2D eigenvalue weighted by Gasteiger charge is -2.08. The second-order valence-electron chi connectivity index (χ2n) is 4.04. The molecule has 0 radical (unpaired) electrons. The molecule has 1 aromatic carbocycles. The monoisotopic (exact) mass is 243 g/mol. The molecule has 1 aromatic heterocycles. The normalized spacial score (nSPS) is 10.2. The van der Waals surface area contributed by atoms with E-state index in [1.165, 1.54) is 5.56 Å². The smallest absolute Gasteiger partial charge is 0.239 e. The molecule has 0 saturated carbocycles. The fourth-order valence-electron chi connectivity index (χ4n) is 1.67. The molecule has 0 atom stereocenters. The topological polar surface area (TPSA) is 75.9 Å².